The van der Waals surface area contributed by atoms with Crippen molar-refractivity contribution in [2.75, 3.05) is 33.4 Å². The Hall–Kier alpha value is -0.120. The van der Waals surface area contributed by atoms with Crippen LogP contribution in [0, 0.1) is 11.8 Å². The molecule has 1 N–H and O–H groups in total. The second-order valence-corrected chi connectivity index (χ2v) is 7.56. The molecule has 1 aliphatic carbocycles. The van der Waals surface area contributed by atoms with Gasteiger partial charge in [0.25, 0.3) is 0 Å². The molecular weight excluding hydrogens is 236 g/mol. The van der Waals surface area contributed by atoms with Crippen LogP contribution in [0.3, 0.4) is 0 Å². The molecule has 3 nitrogen and oxygen atoms in total. The summed E-state index contributed by atoms with van der Waals surface area (Å²) in [4.78, 5) is 2.60. The fraction of sp³-hybridized carbons (Fsp3) is 1.00. The van der Waals surface area contributed by atoms with Crippen molar-refractivity contribution in [1.29, 1.82) is 0 Å². The highest BCUT2D eigenvalue weighted by Crippen LogP contribution is 2.32. The van der Waals surface area contributed by atoms with Gasteiger partial charge in [-0.1, -0.05) is 0 Å². The fourth-order valence-corrected chi connectivity index (χ4v) is 3.30. The van der Waals surface area contributed by atoms with E-state index >= 15 is 0 Å². The third-order valence-electron chi connectivity index (χ3n) is 4.64. The zero-order valence-electron chi connectivity index (χ0n) is 13.2. The van der Waals surface area contributed by atoms with Crippen LogP contribution < -0.4 is 5.32 Å². The maximum atomic E-state index is 5.59. The van der Waals surface area contributed by atoms with Gasteiger partial charge in [-0.25, -0.2) is 0 Å². The van der Waals surface area contributed by atoms with Crippen LogP contribution in [0.4, 0.5) is 0 Å². The Balaban J connectivity index is 1.71. The largest absolute Gasteiger partial charge is 0.381 e. The van der Waals surface area contributed by atoms with E-state index in [1.165, 1.54) is 38.8 Å². The molecule has 1 saturated heterocycles. The van der Waals surface area contributed by atoms with Gasteiger partial charge in [-0.2, -0.15) is 0 Å². The molecule has 0 spiro atoms. The van der Waals surface area contributed by atoms with Crippen LogP contribution in [0.2, 0.25) is 0 Å². The second-order valence-electron chi connectivity index (χ2n) is 7.56. The van der Waals surface area contributed by atoms with E-state index < -0.39 is 0 Å². The van der Waals surface area contributed by atoms with Gasteiger partial charge in [0.05, 0.1) is 6.61 Å². The van der Waals surface area contributed by atoms with Gasteiger partial charge in [0.15, 0.2) is 0 Å². The Morgan fingerprint density at radius 3 is 2.53 bits per heavy atom. The minimum absolute atomic E-state index is 0.246. The summed E-state index contributed by atoms with van der Waals surface area (Å²) in [7, 11) is 2.31. The molecule has 3 atom stereocenters. The van der Waals surface area contributed by atoms with Crippen molar-refractivity contribution in [1.82, 2.24) is 10.2 Å². The molecular formula is C16H32N2O. The van der Waals surface area contributed by atoms with E-state index in [9.17, 15) is 0 Å². The van der Waals surface area contributed by atoms with Crippen LogP contribution in [0.15, 0.2) is 0 Å². The first-order chi connectivity index (χ1) is 8.96. The van der Waals surface area contributed by atoms with Crippen LogP contribution in [-0.4, -0.2) is 49.8 Å². The maximum Gasteiger partial charge on any atom is 0.0506 e. The smallest absolute Gasteiger partial charge is 0.0506 e. The van der Waals surface area contributed by atoms with Gasteiger partial charge in [0, 0.05) is 24.7 Å². The standard InChI is InChI=1S/C16H32N2O/c1-16(2,3)17-10-14-7-8-15(14)18(4)11-13-6-5-9-19-12-13/h13-15,17H,5-12H2,1-4H3. The van der Waals surface area contributed by atoms with Gasteiger partial charge in [0.2, 0.25) is 0 Å². The molecule has 3 unspecified atom stereocenters. The minimum atomic E-state index is 0.246. The molecule has 3 heteroatoms. The lowest BCUT2D eigenvalue weighted by Crippen LogP contribution is -2.52. The predicted molar refractivity (Wildman–Crippen MR) is 80.4 cm³/mol. The monoisotopic (exact) mass is 268 g/mol. The molecule has 1 aliphatic heterocycles. The highest BCUT2D eigenvalue weighted by atomic mass is 16.5. The molecule has 0 aromatic carbocycles. The van der Waals surface area contributed by atoms with Gasteiger partial charge in [-0.05, 0) is 71.9 Å². The van der Waals surface area contributed by atoms with Crippen molar-refractivity contribution >= 4 is 0 Å². The molecule has 19 heavy (non-hydrogen) atoms. The van der Waals surface area contributed by atoms with Crippen molar-refractivity contribution in [3.63, 3.8) is 0 Å². The van der Waals surface area contributed by atoms with Crippen molar-refractivity contribution in [2.45, 2.75) is 58.0 Å². The van der Waals surface area contributed by atoms with E-state index in [0.717, 1.165) is 31.1 Å². The van der Waals surface area contributed by atoms with Crippen LogP contribution >= 0.6 is 0 Å². The van der Waals surface area contributed by atoms with Crippen LogP contribution in [-0.2, 0) is 4.74 Å². The highest BCUT2D eigenvalue weighted by Gasteiger charge is 2.35. The first-order valence-electron chi connectivity index (χ1n) is 7.99. The molecule has 2 aliphatic rings. The third kappa shape index (κ3) is 4.73. The molecule has 2 fully saturated rings. The quantitative estimate of drug-likeness (QED) is 0.829. The Bertz CT molecular complexity index is 268. The minimum Gasteiger partial charge on any atom is -0.381 e. The second kappa shape index (κ2) is 6.55. The van der Waals surface area contributed by atoms with Gasteiger partial charge in [-0.3, -0.25) is 0 Å². The first kappa shape index (κ1) is 15.3. The normalized spacial score (nSPS) is 32.4. The van der Waals surface area contributed by atoms with Crippen molar-refractivity contribution in [3.05, 3.63) is 0 Å². The van der Waals surface area contributed by atoms with Crippen LogP contribution in [0.5, 0.6) is 0 Å². The molecule has 1 saturated carbocycles. The van der Waals surface area contributed by atoms with E-state index in [1.54, 1.807) is 0 Å². The Morgan fingerprint density at radius 2 is 2.00 bits per heavy atom. The summed E-state index contributed by atoms with van der Waals surface area (Å²) in [6, 6.07) is 0.789. The van der Waals surface area contributed by atoms with E-state index in [2.05, 4.69) is 38.0 Å². The molecule has 0 radical (unpaired) electrons. The van der Waals surface area contributed by atoms with Crippen molar-refractivity contribution in [3.8, 4) is 0 Å². The molecule has 1 heterocycles. The summed E-state index contributed by atoms with van der Waals surface area (Å²) in [5.41, 5.74) is 0.246. The fourth-order valence-electron chi connectivity index (χ4n) is 3.30. The number of nitrogens with zero attached hydrogens (tertiary/aromatic N) is 1. The lowest BCUT2D eigenvalue weighted by molar-refractivity contribution is 0.0136. The molecule has 0 aromatic rings. The summed E-state index contributed by atoms with van der Waals surface area (Å²) in [5.74, 6) is 1.60. The Morgan fingerprint density at radius 1 is 1.21 bits per heavy atom. The summed E-state index contributed by atoms with van der Waals surface area (Å²) in [6.07, 6.45) is 5.36. The first-order valence-corrected chi connectivity index (χ1v) is 7.99. The number of nitrogens with one attached hydrogen (secondary N) is 1. The van der Waals surface area contributed by atoms with E-state index in [-0.39, 0.29) is 5.54 Å². The predicted octanol–water partition coefficient (Wildman–Crippen LogP) is 2.51. The zero-order chi connectivity index (χ0) is 13.9. The molecule has 0 amide bonds. The van der Waals surface area contributed by atoms with Gasteiger partial charge < -0.3 is 15.0 Å². The number of hydrogen-bond donors (Lipinski definition) is 1. The van der Waals surface area contributed by atoms with Crippen LogP contribution in [0.25, 0.3) is 0 Å². The maximum absolute atomic E-state index is 5.59. The molecule has 0 bridgehead atoms. The number of rotatable bonds is 5. The van der Waals surface area contributed by atoms with Gasteiger partial charge in [-0.15, -0.1) is 0 Å². The van der Waals surface area contributed by atoms with Crippen molar-refractivity contribution < 1.29 is 4.74 Å². The van der Waals surface area contributed by atoms with E-state index in [4.69, 9.17) is 4.74 Å². The van der Waals surface area contributed by atoms with Gasteiger partial charge in [0.1, 0.15) is 0 Å². The zero-order valence-corrected chi connectivity index (χ0v) is 13.2. The molecule has 2 rings (SSSR count). The van der Waals surface area contributed by atoms with E-state index in [0.29, 0.717) is 0 Å². The molecule has 112 valence electrons. The average Bonchev–Trinajstić information content (AvgIpc) is 2.27. The number of ether oxygens (including phenoxy) is 1. The Kier molecular flexibility index (Phi) is 5.27. The Labute approximate surface area is 119 Å². The summed E-state index contributed by atoms with van der Waals surface area (Å²) in [6.45, 7) is 11.1. The van der Waals surface area contributed by atoms with E-state index in [1.807, 2.05) is 0 Å². The lowest BCUT2D eigenvalue weighted by atomic mass is 9.78. The molecule has 0 aromatic heterocycles. The number of hydrogen-bond acceptors (Lipinski definition) is 3. The third-order valence-corrected chi connectivity index (χ3v) is 4.64. The average molecular weight is 268 g/mol. The topological polar surface area (TPSA) is 24.5 Å². The van der Waals surface area contributed by atoms with Gasteiger partial charge >= 0.3 is 0 Å². The lowest BCUT2D eigenvalue weighted by Gasteiger charge is -2.45. The highest BCUT2D eigenvalue weighted by molar-refractivity contribution is 4.91. The summed E-state index contributed by atoms with van der Waals surface area (Å²) in [5, 5.41) is 3.66. The summed E-state index contributed by atoms with van der Waals surface area (Å²) < 4.78 is 5.59. The SMILES string of the molecule is CN(CC1CCCOC1)C1CCC1CNC(C)(C)C. The van der Waals surface area contributed by atoms with Crippen molar-refractivity contribution in [2.24, 2.45) is 11.8 Å². The summed E-state index contributed by atoms with van der Waals surface area (Å²) >= 11 is 0. The van der Waals surface area contributed by atoms with Crippen LogP contribution in [0.1, 0.15) is 46.5 Å².